The molecule has 92 valence electrons. The first-order valence-corrected chi connectivity index (χ1v) is 5.38. The molecule has 1 aliphatic rings. The van der Waals surface area contributed by atoms with Crippen LogP contribution in [0.3, 0.4) is 0 Å². The van der Waals surface area contributed by atoms with E-state index in [2.05, 4.69) is 5.32 Å². The van der Waals surface area contributed by atoms with Gasteiger partial charge in [-0.1, -0.05) is 12.1 Å². The second-order valence-corrected chi connectivity index (χ2v) is 4.15. The minimum Gasteiger partial charge on any atom is -0.386 e. The fraction of sp³-hybridized carbons (Fsp3) is 0.455. The number of ether oxygens (including phenoxy) is 1. The van der Waals surface area contributed by atoms with Crippen molar-refractivity contribution in [3.8, 4) is 0 Å². The van der Waals surface area contributed by atoms with Crippen LogP contribution in [-0.4, -0.2) is 35.4 Å². The zero-order valence-corrected chi connectivity index (χ0v) is 9.26. The minimum atomic E-state index is -0.927. The Morgan fingerprint density at radius 3 is 2.94 bits per heavy atom. The maximum atomic E-state index is 10.8. The van der Waals surface area contributed by atoms with Gasteiger partial charge in [-0.2, -0.15) is 0 Å². The van der Waals surface area contributed by atoms with Crippen LogP contribution in [0.4, 0.5) is 11.4 Å². The number of nitro groups is 1. The number of benzene rings is 1. The molecule has 0 radical (unpaired) electrons. The molecule has 0 amide bonds. The van der Waals surface area contributed by atoms with Gasteiger partial charge in [0.05, 0.1) is 11.5 Å². The van der Waals surface area contributed by atoms with Gasteiger partial charge in [0.2, 0.25) is 0 Å². The lowest BCUT2D eigenvalue weighted by atomic mass is 10.0. The van der Waals surface area contributed by atoms with Crippen molar-refractivity contribution in [2.75, 3.05) is 25.1 Å². The van der Waals surface area contributed by atoms with Crippen molar-refractivity contribution < 1.29 is 14.8 Å². The Labute approximate surface area is 98.4 Å². The highest BCUT2D eigenvalue weighted by Crippen LogP contribution is 2.25. The smallest absolute Gasteiger partial charge is 0.292 e. The topological polar surface area (TPSA) is 84.6 Å². The summed E-state index contributed by atoms with van der Waals surface area (Å²) in [5.41, 5.74) is -0.503. The number of aliphatic hydroxyl groups is 1. The number of hydrogen-bond acceptors (Lipinski definition) is 5. The highest BCUT2D eigenvalue weighted by molar-refractivity contribution is 5.61. The summed E-state index contributed by atoms with van der Waals surface area (Å²) in [6.45, 7) is 1.04. The summed E-state index contributed by atoms with van der Waals surface area (Å²) in [6.07, 6.45) is 0.542. The van der Waals surface area contributed by atoms with Gasteiger partial charge in [0.25, 0.3) is 5.69 Å². The summed E-state index contributed by atoms with van der Waals surface area (Å²) in [4.78, 5) is 10.3. The van der Waals surface area contributed by atoms with Crippen molar-refractivity contribution in [1.29, 1.82) is 0 Å². The molecule has 1 aliphatic heterocycles. The van der Waals surface area contributed by atoms with E-state index in [9.17, 15) is 15.2 Å². The average Bonchev–Trinajstić information content (AvgIpc) is 2.74. The quantitative estimate of drug-likeness (QED) is 0.607. The Hall–Kier alpha value is -1.66. The maximum absolute atomic E-state index is 10.8. The third-order valence-corrected chi connectivity index (χ3v) is 2.79. The molecule has 1 atom stereocenters. The van der Waals surface area contributed by atoms with Gasteiger partial charge in [-0.25, -0.2) is 0 Å². The third-order valence-electron chi connectivity index (χ3n) is 2.79. The Kier molecular flexibility index (Phi) is 3.26. The van der Waals surface area contributed by atoms with Crippen molar-refractivity contribution in [2.24, 2.45) is 0 Å². The van der Waals surface area contributed by atoms with E-state index in [1.165, 1.54) is 6.07 Å². The standard InChI is InChI=1S/C11H14N2O4/c14-11(5-6-17-8-11)7-12-9-3-1-2-4-10(9)13(15)16/h1-4,12,14H,5-8H2. The third kappa shape index (κ3) is 2.72. The summed E-state index contributed by atoms with van der Waals surface area (Å²) in [7, 11) is 0. The van der Waals surface area contributed by atoms with Crippen LogP contribution in [0.1, 0.15) is 6.42 Å². The predicted molar refractivity (Wildman–Crippen MR) is 62.0 cm³/mol. The van der Waals surface area contributed by atoms with Crippen molar-refractivity contribution >= 4 is 11.4 Å². The van der Waals surface area contributed by atoms with Crippen molar-refractivity contribution in [1.82, 2.24) is 0 Å². The molecule has 0 aliphatic carbocycles. The molecule has 1 heterocycles. The molecule has 2 rings (SSSR count). The van der Waals surface area contributed by atoms with Gasteiger partial charge in [0, 0.05) is 25.6 Å². The van der Waals surface area contributed by atoms with Crippen LogP contribution in [0, 0.1) is 10.1 Å². The lowest BCUT2D eigenvalue weighted by molar-refractivity contribution is -0.384. The molecule has 0 bridgehead atoms. The van der Waals surface area contributed by atoms with Crippen molar-refractivity contribution in [3.63, 3.8) is 0 Å². The van der Waals surface area contributed by atoms with E-state index in [1.54, 1.807) is 18.2 Å². The highest BCUT2D eigenvalue weighted by atomic mass is 16.6. The number of anilines is 1. The Bertz CT molecular complexity index is 416. The van der Waals surface area contributed by atoms with Gasteiger partial charge in [-0.3, -0.25) is 10.1 Å². The van der Waals surface area contributed by atoms with E-state index in [0.717, 1.165) is 0 Å². The van der Waals surface area contributed by atoms with Gasteiger partial charge < -0.3 is 15.2 Å². The van der Waals surface area contributed by atoms with E-state index in [0.29, 0.717) is 18.7 Å². The summed E-state index contributed by atoms with van der Waals surface area (Å²) >= 11 is 0. The normalized spacial score (nSPS) is 23.6. The van der Waals surface area contributed by atoms with E-state index in [4.69, 9.17) is 4.74 Å². The molecule has 0 spiro atoms. The first-order valence-electron chi connectivity index (χ1n) is 5.38. The Morgan fingerprint density at radius 1 is 1.53 bits per heavy atom. The fourth-order valence-electron chi connectivity index (χ4n) is 1.78. The first-order chi connectivity index (χ1) is 8.11. The van der Waals surface area contributed by atoms with E-state index < -0.39 is 10.5 Å². The summed E-state index contributed by atoms with van der Waals surface area (Å²) in [5.74, 6) is 0. The van der Waals surface area contributed by atoms with Crippen LogP contribution in [0.5, 0.6) is 0 Å². The van der Waals surface area contributed by atoms with Gasteiger partial charge in [0.1, 0.15) is 11.3 Å². The second-order valence-electron chi connectivity index (χ2n) is 4.15. The Morgan fingerprint density at radius 2 is 2.29 bits per heavy atom. The SMILES string of the molecule is O=[N+]([O-])c1ccccc1NCC1(O)CCOC1. The lowest BCUT2D eigenvalue weighted by Gasteiger charge is -2.21. The van der Waals surface area contributed by atoms with Crippen LogP contribution in [0.2, 0.25) is 0 Å². The van der Waals surface area contributed by atoms with Crippen LogP contribution in [0.15, 0.2) is 24.3 Å². The molecule has 0 saturated carbocycles. The van der Waals surface area contributed by atoms with E-state index >= 15 is 0 Å². The van der Waals surface area contributed by atoms with Crippen LogP contribution in [0.25, 0.3) is 0 Å². The van der Waals surface area contributed by atoms with E-state index in [-0.39, 0.29) is 18.8 Å². The van der Waals surface area contributed by atoms with Crippen LogP contribution >= 0.6 is 0 Å². The average molecular weight is 238 g/mol. The van der Waals surface area contributed by atoms with Crippen molar-refractivity contribution in [2.45, 2.75) is 12.0 Å². The monoisotopic (exact) mass is 238 g/mol. The van der Waals surface area contributed by atoms with Crippen LogP contribution < -0.4 is 5.32 Å². The zero-order chi connectivity index (χ0) is 12.3. The molecule has 0 aromatic heterocycles. The molecule has 1 unspecified atom stereocenters. The summed E-state index contributed by atoms with van der Waals surface area (Å²) in [6, 6.07) is 6.37. The van der Waals surface area contributed by atoms with Gasteiger partial charge in [0.15, 0.2) is 0 Å². The molecule has 1 saturated heterocycles. The largest absolute Gasteiger partial charge is 0.386 e. The molecule has 1 fully saturated rings. The second kappa shape index (κ2) is 4.68. The number of para-hydroxylation sites is 2. The van der Waals surface area contributed by atoms with Crippen LogP contribution in [-0.2, 0) is 4.74 Å². The number of rotatable bonds is 4. The molecular weight excluding hydrogens is 224 g/mol. The zero-order valence-electron chi connectivity index (χ0n) is 9.26. The first kappa shape index (κ1) is 11.8. The van der Waals surface area contributed by atoms with Crippen molar-refractivity contribution in [3.05, 3.63) is 34.4 Å². The van der Waals surface area contributed by atoms with Gasteiger partial charge in [-0.15, -0.1) is 0 Å². The fourth-order valence-corrected chi connectivity index (χ4v) is 1.78. The van der Waals surface area contributed by atoms with Gasteiger partial charge in [-0.05, 0) is 6.07 Å². The number of nitro benzene ring substituents is 1. The molecule has 6 nitrogen and oxygen atoms in total. The predicted octanol–water partition coefficient (Wildman–Crippen LogP) is 1.16. The number of nitrogens with one attached hydrogen (secondary N) is 1. The summed E-state index contributed by atoms with van der Waals surface area (Å²) in [5, 5.41) is 23.7. The molecular formula is C11H14N2O4. The molecule has 1 aromatic carbocycles. The molecule has 17 heavy (non-hydrogen) atoms. The number of nitrogens with zero attached hydrogens (tertiary/aromatic N) is 1. The lowest BCUT2D eigenvalue weighted by Crippen LogP contribution is -2.37. The highest BCUT2D eigenvalue weighted by Gasteiger charge is 2.32. The molecule has 6 heteroatoms. The maximum Gasteiger partial charge on any atom is 0.292 e. The Balaban J connectivity index is 2.06. The summed E-state index contributed by atoms with van der Waals surface area (Å²) < 4.78 is 5.10. The minimum absolute atomic E-state index is 0.00927. The molecule has 2 N–H and O–H groups in total. The number of hydrogen-bond donors (Lipinski definition) is 2. The van der Waals surface area contributed by atoms with E-state index in [1.807, 2.05) is 0 Å². The molecule has 1 aromatic rings. The van der Waals surface area contributed by atoms with Gasteiger partial charge >= 0.3 is 0 Å².